The molecule has 4 aromatic rings. The Balaban J connectivity index is 1.72. The van der Waals surface area contributed by atoms with Gasteiger partial charge in [-0.3, -0.25) is 0 Å². The molecule has 0 atom stereocenters. The van der Waals surface area contributed by atoms with Gasteiger partial charge in [0.25, 0.3) is 0 Å². The van der Waals surface area contributed by atoms with Crippen LogP contribution in [0.15, 0.2) is 83.8 Å². The zero-order valence-electron chi connectivity index (χ0n) is 19.8. The van der Waals surface area contributed by atoms with Crippen LogP contribution in [0.25, 0.3) is 11.3 Å². The molecule has 1 heterocycles. The molecule has 3 aromatic carbocycles. The highest BCUT2D eigenvalue weighted by molar-refractivity contribution is 7.90. The maximum absolute atomic E-state index is 13.5. The molecule has 36 heavy (non-hydrogen) atoms. The molecule has 9 heteroatoms. The van der Waals surface area contributed by atoms with Gasteiger partial charge in [-0.1, -0.05) is 41.9 Å². The second-order valence-corrected chi connectivity index (χ2v) is 10.6. The number of esters is 1. The second-order valence-electron chi connectivity index (χ2n) is 8.19. The zero-order valence-corrected chi connectivity index (χ0v) is 21.3. The summed E-state index contributed by atoms with van der Waals surface area (Å²) in [5.74, 6) is -0.490. The molecule has 0 fully saturated rings. The van der Waals surface area contributed by atoms with Crippen molar-refractivity contribution in [3.63, 3.8) is 0 Å². The molecule has 0 spiro atoms. The third kappa shape index (κ3) is 5.40. The summed E-state index contributed by atoms with van der Waals surface area (Å²) in [4.78, 5) is 11.8. The van der Waals surface area contributed by atoms with Crippen LogP contribution in [0.2, 0.25) is 5.02 Å². The van der Waals surface area contributed by atoms with E-state index in [0.717, 1.165) is 5.56 Å². The number of aromatic nitrogens is 1. The molecule has 7 nitrogen and oxygen atoms in total. The average molecular weight is 525 g/mol. The van der Waals surface area contributed by atoms with E-state index in [1.165, 1.54) is 25.3 Å². The van der Waals surface area contributed by atoms with Gasteiger partial charge in [0.1, 0.15) is 18.2 Å². The predicted molar refractivity (Wildman–Crippen MR) is 140 cm³/mol. The molecule has 2 N–H and O–H groups in total. The summed E-state index contributed by atoms with van der Waals surface area (Å²) >= 11 is 6.31. The van der Waals surface area contributed by atoms with Crippen LogP contribution >= 0.6 is 11.6 Å². The van der Waals surface area contributed by atoms with Gasteiger partial charge in [0, 0.05) is 16.3 Å². The number of benzene rings is 3. The van der Waals surface area contributed by atoms with E-state index in [1.807, 2.05) is 49.4 Å². The van der Waals surface area contributed by atoms with Gasteiger partial charge in [0.05, 0.1) is 29.0 Å². The van der Waals surface area contributed by atoms with Crippen molar-refractivity contribution in [3.05, 3.63) is 101 Å². The number of anilines is 1. The van der Waals surface area contributed by atoms with E-state index in [1.54, 1.807) is 22.8 Å². The predicted octanol–water partition coefficient (Wildman–Crippen LogP) is 5.50. The summed E-state index contributed by atoms with van der Waals surface area (Å²) in [6.07, 6.45) is 0. The van der Waals surface area contributed by atoms with Gasteiger partial charge in [0.2, 0.25) is 0 Å². The quantitative estimate of drug-likeness (QED) is 0.241. The van der Waals surface area contributed by atoms with E-state index >= 15 is 0 Å². The highest BCUT2D eigenvalue weighted by Crippen LogP contribution is 2.35. The molecule has 1 aromatic heterocycles. The fourth-order valence-corrected chi connectivity index (χ4v) is 5.56. The molecule has 0 amide bonds. The number of nitrogens with zero attached hydrogens (tertiary/aromatic N) is 1. The first kappa shape index (κ1) is 25.3. The molecule has 0 radical (unpaired) electrons. The lowest BCUT2D eigenvalue weighted by Crippen LogP contribution is -2.16. The number of carbonyl (C=O) groups excluding carboxylic acids is 1. The van der Waals surface area contributed by atoms with Crippen LogP contribution in [0.5, 0.6) is 5.75 Å². The van der Waals surface area contributed by atoms with Crippen molar-refractivity contribution in [2.75, 3.05) is 12.8 Å². The summed E-state index contributed by atoms with van der Waals surface area (Å²) in [6.45, 7) is 2.15. The molecule has 186 valence electrons. The number of hydrogen-bond acceptors (Lipinski definition) is 6. The Morgan fingerprint density at radius 1 is 1.00 bits per heavy atom. The lowest BCUT2D eigenvalue weighted by molar-refractivity contribution is 0.0600. The molecule has 0 aliphatic carbocycles. The Labute approximate surface area is 215 Å². The Kier molecular flexibility index (Phi) is 7.37. The van der Waals surface area contributed by atoms with Crippen molar-refractivity contribution in [1.29, 1.82) is 0 Å². The van der Waals surface area contributed by atoms with Crippen LogP contribution in [0.4, 0.5) is 5.69 Å². The molecular weight excluding hydrogens is 500 g/mol. The lowest BCUT2D eigenvalue weighted by atomic mass is 10.1. The number of halogens is 1. The smallest absolute Gasteiger partial charge is 0.337 e. The number of methoxy groups -OCH3 is 1. The van der Waals surface area contributed by atoms with Gasteiger partial charge in [0.15, 0.2) is 9.84 Å². The van der Waals surface area contributed by atoms with E-state index < -0.39 is 21.7 Å². The van der Waals surface area contributed by atoms with Crippen LogP contribution in [0.3, 0.4) is 0 Å². The molecule has 0 unspecified atom stereocenters. The van der Waals surface area contributed by atoms with E-state index in [-0.39, 0.29) is 16.1 Å². The Morgan fingerprint density at radius 2 is 1.75 bits per heavy atom. The first-order valence-corrected chi connectivity index (χ1v) is 13.1. The fourth-order valence-electron chi connectivity index (χ4n) is 3.83. The molecule has 0 saturated carbocycles. The minimum atomic E-state index is -3.95. The van der Waals surface area contributed by atoms with E-state index in [2.05, 4.69) is 0 Å². The minimum absolute atomic E-state index is 0.0450. The third-order valence-corrected chi connectivity index (χ3v) is 7.58. The first-order chi connectivity index (χ1) is 17.2. The van der Waals surface area contributed by atoms with Gasteiger partial charge in [-0.05, 0) is 61.0 Å². The molecule has 0 aliphatic heterocycles. The van der Waals surface area contributed by atoms with Gasteiger partial charge < -0.3 is 19.8 Å². The largest absolute Gasteiger partial charge is 0.488 e. The number of nitrogens with two attached hydrogens (primary N) is 1. The first-order valence-electron chi connectivity index (χ1n) is 11.0. The number of aryl methyl sites for hydroxylation is 1. The highest BCUT2D eigenvalue weighted by atomic mass is 35.5. The maximum Gasteiger partial charge on any atom is 0.337 e. The lowest BCUT2D eigenvalue weighted by Gasteiger charge is -2.17. The van der Waals surface area contributed by atoms with Crippen LogP contribution in [-0.2, 0) is 27.1 Å². The Hall–Kier alpha value is -3.75. The summed E-state index contributed by atoms with van der Waals surface area (Å²) < 4.78 is 39.4. The van der Waals surface area contributed by atoms with Crippen LogP contribution < -0.4 is 10.5 Å². The summed E-state index contributed by atoms with van der Waals surface area (Å²) in [5, 5.41) is 0.486. The van der Waals surface area contributed by atoms with Crippen molar-refractivity contribution in [2.24, 2.45) is 0 Å². The van der Waals surface area contributed by atoms with E-state index in [4.69, 9.17) is 26.8 Å². The maximum atomic E-state index is 13.5. The monoisotopic (exact) mass is 524 g/mol. The second kappa shape index (κ2) is 10.5. The summed E-state index contributed by atoms with van der Waals surface area (Å²) in [5.41, 5.74) is 9.11. The number of nitrogen functional groups attached to an aromatic ring is 1. The van der Waals surface area contributed by atoms with Crippen molar-refractivity contribution >= 4 is 33.1 Å². The SMILES string of the molecule is COC(=O)c1ccc(N)c(S(=O)(=O)Cn2c(C)ccc2-c2cc(Cl)ccc2OCc2ccccc2)c1. The Morgan fingerprint density at radius 3 is 2.47 bits per heavy atom. The number of hydrogen-bond donors (Lipinski definition) is 1. The minimum Gasteiger partial charge on any atom is -0.488 e. The van der Waals surface area contributed by atoms with E-state index in [0.29, 0.717) is 34.3 Å². The number of sulfone groups is 1. The van der Waals surface area contributed by atoms with Crippen LogP contribution in [0, 0.1) is 6.92 Å². The van der Waals surface area contributed by atoms with Gasteiger partial charge in [-0.2, -0.15) is 0 Å². The number of ether oxygens (including phenoxy) is 2. The molecule has 0 bridgehead atoms. The van der Waals surface area contributed by atoms with Gasteiger partial charge in [-0.15, -0.1) is 0 Å². The van der Waals surface area contributed by atoms with Gasteiger partial charge >= 0.3 is 5.97 Å². The average Bonchev–Trinajstić information content (AvgIpc) is 3.22. The molecule has 0 saturated heterocycles. The zero-order chi connectivity index (χ0) is 25.9. The van der Waals surface area contributed by atoms with Crippen molar-refractivity contribution < 1.29 is 22.7 Å². The molecular formula is C27H25ClN2O5S. The summed E-state index contributed by atoms with van der Waals surface area (Å²) in [7, 11) is -2.73. The fraction of sp³-hybridized carbons (Fsp3) is 0.148. The molecule has 4 rings (SSSR count). The highest BCUT2D eigenvalue weighted by Gasteiger charge is 2.24. The topological polar surface area (TPSA) is 101 Å². The van der Waals surface area contributed by atoms with Crippen molar-refractivity contribution in [1.82, 2.24) is 4.57 Å². The van der Waals surface area contributed by atoms with Gasteiger partial charge in [-0.25, -0.2) is 13.2 Å². The summed E-state index contributed by atoms with van der Waals surface area (Å²) in [6, 6.07) is 22.6. The van der Waals surface area contributed by atoms with E-state index in [9.17, 15) is 13.2 Å². The van der Waals surface area contributed by atoms with Crippen molar-refractivity contribution in [2.45, 2.75) is 24.3 Å². The Bertz CT molecular complexity index is 1510. The standard InChI is InChI=1S/C27H25ClN2O5S/c1-18-8-12-24(22-15-21(28)10-13-25(22)35-16-19-6-4-3-5-7-19)30(18)17-36(32,33)26-14-20(27(31)34-2)9-11-23(26)29/h3-15H,16-17,29H2,1-2H3. The van der Waals surface area contributed by atoms with Crippen molar-refractivity contribution in [3.8, 4) is 17.0 Å². The third-order valence-electron chi connectivity index (χ3n) is 5.72. The van der Waals surface area contributed by atoms with Crippen LogP contribution in [-0.4, -0.2) is 26.1 Å². The number of carbonyl (C=O) groups is 1. The molecule has 0 aliphatic rings. The number of rotatable bonds is 8. The van der Waals surface area contributed by atoms with Crippen LogP contribution in [0.1, 0.15) is 21.6 Å². The normalized spacial score (nSPS) is 11.3.